The van der Waals surface area contributed by atoms with Crippen molar-refractivity contribution >= 4 is 22.6 Å². The third kappa shape index (κ3) is 5.16. The van der Waals surface area contributed by atoms with Crippen LogP contribution in [0.3, 0.4) is 0 Å². The number of hydrogen-bond acceptors (Lipinski definition) is 6. The van der Waals surface area contributed by atoms with Crippen molar-refractivity contribution in [3.05, 3.63) is 60.6 Å². The van der Waals surface area contributed by atoms with E-state index >= 15 is 0 Å². The summed E-state index contributed by atoms with van der Waals surface area (Å²) in [6.07, 6.45) is -0.449. The first-order valence-electron chi connectivity index (χ1n) is 12.3. The molecular formula is C28H27F3N4O3. The van der Waals surface area contributed by atoms with Gasteiger partial charge in [-0.1, -0.05) is 6.07 Å². The number of hydrogen-bond donors (Lipinski definition) is 0. The molecule has 4 aromatic rings. The molecule has 0 spiro atoms. The third-order valence-corrected chi connectivity index (χ3v) is 6.74. The molecule has 0 aliphatic carbocycles. The number of alkyl halides is 3. The van der Waals surface area contributed by atoms with Crippen LogP contribution in [0.2, 0.25) is 0 Å². The Bertz CT molecular complexity index is 1430. The maximum absolute atomic E-state index is 12.7. The van der Waals surface area contributed by atoms with Crippen molar-refractivity contribution in [2.24, 2.45) is 0 Å². The predicted molar refractivity (Wildman–Crippen MR) is 138 cm³/mol. The number of anilines is 1. The lowest BCUT2D eigenvalue weighted by molar-refractivity contribution is -0.133. The number of ether oxygens (including phenoxy) is 2. The molecule has 0 radical (unpaired) electrons. The van der Waals surface area contributed by atoms with E-state index in [0.717, 1.165) is 41.1 Å². The zero-order valence-electron chi connectivity index (χ0n) is 21.1. The Morgan fingerprint density at radius 1 is 0.947 bits per heavy atom. The first-order chi connectivity index (χ1) is 18.3. The number of pyridine rings is 1. The normalized spacial score (nSPS) is 13.8. The highest BCUT2D eigenvalue weighted by molar-refractivity contribution is 6.02. The average molecular weight is 525 g/mol. The van der Waals surface area contributed by atoms with E-state index in [1.807, 2.05) is 35.0 Å². The Labute approximate surface area is 217 Å². The quantitative estimate of drug-likeness (QED) is 0.255. The Morgan fingerprint density at radius 2 is 1.63 bits per heavy atom. The number of carbonyl (C=O) groups excluding carboxylic acids is 1. The standard InChI is InChI=1S/C28H27F3N4O3/c1-37-24-14-20(15-25(38-2)27(24)23(36)9-10-28(29,30)31)35-17-33-21-13-18(5-7-22(21)35)19-6-8-26(32-16-19)34-11-3-4-12-34/h5-8,13-17H,3-4,9-12H2,1-2H3. The minimum atomic E-state index is -4.43. The zero-order chi connectivity index (χ0) is 26.9. The van der Waals surface area contributed by atoms with Crippen molar-refractivity contribution < 1.29 is 27.4 Å². The Kier molecular flexibility index (Phi) is 6.96. The molecule has 1 aliphatic rings. The molecule has 2 aromatic heterocycles. The molecule has 38 heavy (non-hydrogen) atoms. The highest BCUT2D eigenvalue weighted by atomic mass is 19.4. The summed E-state index contributed by atoms with van der Waals surface area (Å²) in [4.78, 5) is 24.1. The van der Waals surface area contributed by atoms with Gasteiger partial charge in [0.2, 0.25) is 0 Å². The summed E-state index contributed by atoms with van der Waals surface area (Å²) in [5.41, 5.74) is 4.08. The Balaban J connectivity index is 1.45. The van der Waals surface area contributed by atoms with Gasteiger partial charge in [0.1, 0.15) is 29.2 Å². The molecule has 10 heteroatoms. The number of methoxy groups -OCH3 is 2. The van der Waals surface area contributed by atoms with E-state index in [2.05, 4.69) is 20.9 Å². The van der Waals surface area contributed by atoms with Gasteiger partial charge in [0.15, 0.2) is 5.78 Å². The molecule has 0 unspecified atom stereocenters. The van der Waals surface area contributed by atoms with E-state index in [4.69, 9.17) is 9.47 Å². The zero-order valence-corrected chi connectivity index (χ0v) is 21.1. The van der Waals surface area contributed by atoms with Crippen LogP contribution in [0, 0.1) is 0 Å². The molecule has 0 amide bonds. The number of aromatic nitrogens is 3. The maximum atomic E-state index is 12.7. The van der Waals surface area contributed by atoms with Crippen LogP contribution < -0.4 is 14.4 Å². The molecule has 1 fully saturated rings. The van der Waals surface area contributed by atoms with Gasteiger partial charge in [0, 0.05) is 43.4 Å². The van der Waals surface area contributed by atoms with Crippen molar-refractivity contribution in [1.82, 2.24) is 14.5 Å². The Morgan fingerprint density at radius 3 is 2.24 bits per heavy atom. The molecule has 1 aliphatic heterocycles. The smallest absolute Gasteiger partial charge is 0.389 e. The van der Waals surface area contributed by atoms with Crippen LogP contribution in [0.5, 0.6) is 11.5 Å². The average Bonchev–Trinajstić information content (AvgIpc) is 3.61. The second-order valence-corrected chi connectivity index (χ2v) is 9.18. The molecule has 3 heterocycles. The molecule has 7 nitrogen and oxygen atoms in total. The summed E-state index contributed by atoms with van der Waals surface area (Å²) in [6.45, 7) is 2.07. The third-order valence-electron chi connectivity index (χ3n) is 6.74. The summed E-state index contributed by atoms with van der Waals surface area (Å²) in [5, 5.41) is 0. The van der Waals surface area contributed by atoms with Crippen LogP contribution in [-0.2, 0) is 0 Å². The fourth-order valence-corrected chi connectivity index (χ4v) is 4.78. The number of ketones is 1. The molecule has 5 rings (SSSR count). The highest BCUT2D eigenvalue weighted by Crippen LogP contribution is 2.36. The summed E-state index contributed by atoms with van der Waals surface area (Å²) in [7, 11) is 2.72. The second kappa shape index (κ2) is 10.4. The maximum Gasteiger partial charge on any atom is 0.389 e. The topological polar surface area (TPSA) is 69.5 Å². The number of halogens is 3. The summed E-state index contributed by atoms with van der Waals surface area (Å²) < 4.78 is 50.6. The van der Waals surface area contributed by atoms with E-state index in [0.29, 0.717) is 5.69 Å². The van der Waals surface area contributed by atoms with Gasteiger partial charge in [-0.3, -0.25) is 9.36 Å². The lowest BCUT2D eigenvalue weighted by atomic mass is 10.0. The monoisotopic (exact) mass is 524 g/mol. The Hall–Kier alpha value is -4.08. The summed E-state index contributed by atoms with van der Waals surface area (Å²) >= 11 is 0. The second-order valence-electron chi connectivity index (χ2n) is 9.18. The molecule has 1 saturated heterocycles. The van der Waals surface area contributed by atoms with Gasteiger partial charge < -0.3 is 14.4 Å². The minimum Gasteiger partial charge on any atom is -0.496 e. The lowest BCUT2D eigenvalue weighted by Crippen LogP contribution is -2.18. The van der Waals surface area contributed by atoms with Crippen molar-refractivity contribution in [1.29, 1.82) is 0 Å². The molecular weight excluding hydrogens is 497 g/mol. The van der Waals surface area contributed by atoms with Crippen LogP contribution in [0.1, 0.15) is 36.0 Å². The fraction of sp³-hybridized carbons (Fsp3) is 0.321. The van der Waals surface area contributed by atoms with Gasteiger partial charge in [-0.25, -0.2) is 9.97 Å². The van der Waals surface area contributed by atoms with Crippen molar-refractivity contribution in [2.75, 3.05) is 32.2 Å². The van der Waals surface area contributed by atoms with Crippen LogP contribution in [0.4, 0.5) is 19.0 Å². The first kappa shape index (κ1) is 25.6. The van der Waals surface area contributed by atoms with E-state index < -0.39 is 24.8 Å². The van der Waals surface area contributed by atoms with Gasteiger partial charge >= 0.3 is 6.18 Å². The summed E-state index contributed by atoms with van der Waals surface area (Å²) in [5.74, 6) is 0.551. The number of nitrogens with zero attached hydrogens (tertiary/aromatic N) is 4. The molecule has 0 N–H and O–H groups in total. The van der Waals surface area contributed by atoms with E-state index in [1.54, 1.807) is 18.5 Å². The van der Waals surface area contributed by atoms with Crippen LogP contribution in [0.25, 0.3) is 27.8 Å². The van der Waals surface area contributed by atoms with Gasteiger partial charge in [0.25, 0.3) is 0 Å². The number of rotatable bonds is 8. The lowest BCUT2D eigenvalue weighted by Gasteiger charge is -2.16. The first-order valence-corrected chi connectivity index (χ1v) is 12.3. The fourth-order valence-electron chi connectivity index (χ4n) is 4.78. The van der Waals surface area contributed by atoms with Gasteiger partial charge in [-0.15, -0.1) is 0 Å². The molecule has 0 atom stereocenters. The van der Waals surface area contributed by atoms with Crippen LogP contribution >= 0.6 is 0 Å². The molecule has 198 valence electrons. The van der Waals surface area contributed by atoms with Crippen molar-refractivity contribution in [3.63, 3.8) is 0 Å². The molecule has 0 saturated carbocycles. The summed E-state index contributed by atoms with van der Waals surface area (Å²) in [6, 6.07) is 13.2. The SMILES string of the molecule is COc1cc(-n2cnc3cc(-c4ccc(N5CCCC5)nc4)ccc32)cc(OC)c1C(=O)CCC(F)(F)F. The van der Waals surface area contributed by atoms with E-state index in [9.17, 15) is 18.0 Å². The van der Waals surface area contributed by atoms with Gasteiger partial charge in [0.05, 0.1) is 37.4 Å². The number of Topliss-reactive ketones (excluding diaryl/α,β-unsaturated/α-hetero) is 1. The highest BCUT2D eigenvalue weighted by Gasteiger charge is 2.30. The van der Waals surface area contributed by atoms with E-state index in [-0.39, 0.29) is 17.1 Å². The van der Waals surface area contributed by atoms with Crippen molar-refractivity contribution in [3.8, 4) is 28.3 Å². The predicted octanol–water partition coefficient (Wildman–Crippen LogP) is 6.23. The van der Waals surface area contributed by atoms with Crippen LogP contribution in [0.15, 0.2) is 55.0 Å². The van der Waals surface area contributed by atoms with Crippen LogP contribution in [-0.4, -0.2) is 53.8 Å². The number of imidazole rings is 1. The van der Waals surface area contributed by atoms with Gasteiger partial charge in [-0.05, 0) is 42.7 Å². The number of fused-ring (bicyclic) bond motifs is 1. The van der Waals surface area contributed by atoms with Crippen molar-refractivity contribution in [2.45, 2.75) is 31.9 Å². The molecule has 2 aromatic carbocycles. The number of carbonyl (C=O) groups is 1. The van der Waals surface area contributed by atoms with E-state index in [1.165, 1.54) is 27.1 Å². The molecule has 0 bridgehead atoms. The van der Waals surface area contributed by atoms with Gasteiger partial charge in [-0.2, -0.15) is 13.2 Å². The largest absolute Gasteiger partial charge is 0.496 e. The number of benzene rings is 2. The minimum absolute atomic E-state index is 0.0143.